The third-order valence-corrected chi connectivity index (χ3v) is 5.05. The van der Waals surface area contributed by atoms with E-state index in [9.17, 15) is 4.79 Å². The molecule has 1 aliphatic heterocycles. The molecule has 0 unspecified atom stereocenters. The fourth-order valence-corrected chi connectivity index (χ4v) is 3.37. The first kappa shape index (κ1) is 17.1. The van der Waals surface area contributed by atoms with Crippen molar-refractivity contribution in [3.63, 3.8) is 0 Å². The van der Waals surface area contributed by atoms with Crippen LogP contribution in [0.1, 0.15) is 38.2 Å². The van der Waals surface area contributed by atoms with E-state index in [1.807, 2.05) is 23.1 Å². The first-order valence-electron chi connectivity index (χ1n) is 9.09. The highest BCUT2D eigenvalue weighted by Gasteiger charge is 2.33. The molecule has 132 valence electrons. The second kappa shape index (κ2) is 7.88. The average molecular weight is 331 g/mol. The molecule has 0 bridgehead atoms. The number of nitrogens with zero attached hydrogens (tertiary/aromatic N) is 2. The molecule has 1 saturated carbocycles. The Morgan fingerprint density at radius 3 is 2.79 bits per heavy atom. The molecule has 0 radical (unpaired) electrons. The lowest BCUT2D eigenvalue weighted by molar-refractivity contribution is 0.184. The number of carbonyl (C=O) groups excluding carboxylic acids is 1. The Bertz CT molecular complexity index is 553. The summed E-state index contributed by atoms with van der Waals surface area (Å²) in [6, 6.07) is 8.84. The van der Waals surface area contributed by atoms with Crippen LogP contribution in [0.4, 0.5) is 4.79 Å². The molecule has 5 heteroatoms. The molecule has 1 N–H and O–H groups in total. The van der Waals surface area contributed by atoms with E-state index in [1.54, 1.807) is 7.11 Å². The SMILES string of the molecule is COc1cccc(CN(C(=O)NC[C@H](C)N2CCCC2)C2CC2)c1. The normalized spacial score (nSPS) is 19.1. The van der Waals surface area contributed by atoms with Crippen LogP contribution in [0.25, 0.3) is 0 Å². The number of amides is 2. The molecule has 1 aromatic rings. The smallest absolute Gasteiger partial charge is 0.318 e. The molecule has 0 spiro atoms. The highest BCUT2D eigenvalue weighted by molar-refractivity contribution is 5.75. The van der Waals surface area contributed by atoms with Gasteiger partial charge in [0.05, 0.1) is 7.11 Å². The van der Waals surface area contributed by atoms with Crippen LogP contribution in [0.3, 0.4) is 0 Å². The molecular formula is C19H29N3O2. The van der Waals surface area contributed by atoms with Crippen molar-refractivity contribution in [1.29, 1.82) is 0 Å². The van der Waals surface area contributed by atoms with Crippen LogP contribution < -0.4 is 10.1 Å². The van der Waals surface area contributed by atoms with Crippen LogP contribution in [0.15, 0.2) is 24.3 Å². The highest BCUT2D eigenvalue weighted by Crippen LogP contribution is 2.29. The van der Waals surface area contributed by atoms with E-state index in [0.29, 0.717) is 18.6 Å². The molecule has 1 atom stereocenters. The fraction of sp³-hybridized carbons (Fsp3) is 0.632. The van der Waals surface area contributed by atoms with Crippen molar-refractivity contribution in [2.24, 2.45) is 0 Å². The third kappa shape index (κ3) is 4.41. The lowest BCUT2D eigenvalue weighted by Crippen LogP contribution is -2.46. The van der Waals surface area contributed by atoms with E-state index in [1.165, 1.54) is 12.8 Å². The van der Waals surface area contributed by atoms with Gasteiger partial charge in [0, 0.05) is 25.2 Å². The predicted octanol–water partition coefficient (Wildman–Crippen LogP) is 2.85. The van der Waals surface area contributed by atoms with Crippen LogP contribution in [-0.2, 0) is 6.54 Å². The van der Waals surface area contributed by atoms with Gasteiger partial charge in [-0.3, -0.25) is 4.90 Å². The molecule has 5 nitrogen and oxygen atoms in total. The van der Waals surface area contributed by atoms with Gasteiger partial charge in [0.1, 0.15) is 5.75 Å². The maximum Gasteiger partial charge on any atom is 0.318 e. The standard InChI is InChI=1S/C19H29N3O2/c1-15(21-10-3-4-11-21)13-20-19(23)22(17-8-9-17)14-16-6-5-7-18(12-16)24-2/h5-7,12,15,17H,3-4,8-11,13-14H2,1-2H3,(H,20,23)/t15-/m0/s1. The molecule has 1 saturated heterocycles. The van der Waals surface area contributed by atoms with E-state index in [0.717, 1.165) is 43.8 Å². The molecule has 1 aromatic carbocycles. The monoisotopic (exact) mass is 331 g/mol. The lowest BCUT2D eigenvalue weighted by Gasteiger charge is -2.27. The Kier molecular flexibility index (Phi) is 5.61. The Hall–Kier alpha value is -1.75. The van der Waals surface area contributed by atoms with Gasteiger partial charge in [-0.25, -0.2) is 4.79 Å². The number of methoxy groups -OCH3 is 1. The summed E-state index contributed by atoms with van der Waals surface area (Å²) in [7, 11) is 1.67. The number of ether oxygens (including phenoxy) is 1. The maximum absolute atomic E-state index is 12.7. The first-order chi connectivity index (χ1) is 11.7. The van der Waals surface area contributed by atoms with E-state index < -0.39 is 0 Å². The molecule has 1 heterocycles. The number of likely N-dealkylation sites (tertiary alicyclic amines) is 1. The van der Waals surface area contributed by atoms with Crippen LogP contribution in [0, 0.1) is 0 Å². The third-order valence-electron chi connectivity index (χ3n) is 5.05. The van der Waals surface area contributed by atoms with Gasteiger partial charge in [-0.05, 0) is 63.4 Å². The van der Waals surface area contributed by atoms with E-state index in [-0.39, 0.29) is 6.03 Å². The number of carbonyl (C=O) groups is 1. The molecular weight excluding hydrogens is 302 g/mol. The van der Waals surface area contributed by atoms with Crippen molar-refractivity contribution < 1.29 is 9.53 Å². The fourth-order valence-electron chi connectivity index (χ4n) is 3.37. The number of rotatable bonds is 7. The summed E-state index contributed by atoms with van der Waals surface area (Å²) in [5.41, 5.74) is 1.11. The summed E-state index contributed by atoms with van der Waals surface area (Å²) in [4.78, 5) is 17.1. The van der Waals surface area contributed by atoms with Gasteiger partial charge in [0.2, 0.25) is 0 Å². The number of hydrogen-bond acceptors (Lipinski definition) is 3. The molecule has 0 aromatic heterocycles. The van der Waals surface area contributed by atoms with Crippen LogP contribution in [0.5, 0.6) is 5.75 Å². The number of hydrogen-bond donors (Lipinski definition) is 1. The minimum absolute atomic E-state index is 0.0615. The van der Waals surface area contributed by atoms with Crippen LogP contribution in [0.2, 0.25) is 0 Å². The molecule has 2 amide bonds. The minimum Gasteiger partial charge on any atom is -0.497 e. The number of urea groups is 1. The topological polar surface area (TPSA) is 44.8 Å². The summed E-state index contributed by atoms with van der Waals surface area (Å²) in [6.07, 6.45) is 4.78. The summed E-state index contributed by atoms with van der Waals surface area (Å²) in [6.45, 7) is 5.89. The Morgan fingerprint density at radius 2 is 2.12 bits per heavy atom. The van der Waals surface area contributed by atoms with E-state index in [2.05, 4.69) is 23.2 Å². The number of nitrogens with one attached hydrogen (secondary N) is 1. The molecule has 2 aliphatic rings. The molecule has 24 heavy (non-hydrogen) atoms. The van der Waals surface area contributed by atoms with Crippen LogP contribution >= 0.6 is 0 Å². The Balaban J connectivity index is 1.55. The van der Waals surface area contributed by atoms with Crippen molar-refractivity contribution in [1.82, 2.24) is 15.1 Å². The Labute approximate surface area is 145 Å². The second-order valence-electron chi connectivity index (χ2n) is 6.99. The lowest BCUT2D eigenvalue weighted by atomic mass is 10.2. The van der Waals surface area contributed by atoms with Crippen molar-refractivity contribution in [2.45, 2.75) is 51.2 Å². The first-order valence-corrected chi connectivity index (χ1v) is 9.09. The predicted molar refractivity (Wildman–Crippen MR) is 95.2 cm³/mol. The molecule has 2 fully saturated rings. The van der Waals surface area contributed by atoms with Crippen molar-refractivity contribution in [3.8, 4) is 5.75 Å². The zero-order valence-corrected chi connectivity index (χ0v) is 14.8. The molecule has 1 aliphatic carbocycles. The van der Waals surface area contributed by atoms with E-state index in [4.69, 9.17) is 4.74 Å². The quantitative estimate of drug-likeness (QED) is 0.835. The highest BCUT2D eigenvalue weighted by atomic mass is 16.5. The Morgan fingerprint density at radius 1 is 1.38 bits per heavy atom. The largest absolute Gasteiger partial charge is 0.497 e. The summed E-state index contributed by atoms with van der Waals surface area (Å²) in [5.74, 6) is 0.839. The van der Waals surface area contributed by atoms with Crippen molar-refractivity contribution in [2.75, 3.05) is 26.7 Å². The van der Waals surface area contributed by atoms with Gasteiger partial charge in [-0.15, -0.1) is 0 Å². The van der Waals surface area contributed by atoms with E-state index >= 15 is 0 Å². The average Bonchev–Trinajstić information content (AvgIpc) is 3.30. The maximum atomic E-state index is 12.7. The zero-order valence-electron chi connectivity index (χ0n) is 14.8. The van der Waals surface area contributed by atoms with Gasteiger partial charge in [0.25, 0.3) is 0 Å². The van der Waals surface area contributed by atoms with Gasteiger partial charge in [0.15, 0.2) is 0 Å². The summed E-state index contributed by atoms with van der Waals surface area (Å²) < 4.78 is 5.28. The van der Waals surface area contributed by atoms with Gasteiger partial charge in [-0.1, -0.05) is 12.1 Å². The van der Waals surface area contributed by atoms with Gasteiger partial charge in [-0.2, -0.15) is 0 Å². The van der Waals surface area contributed by atoms with Gasteiger partial charge >= 0.3 is 6.03 Å². The second-order valence-corrected chi connectivity index (χ2v) is 6.99. The van der Waals surface area contributed by atoms with Crippen molar-refractivity contribution >= 4 is 6.03 Å². The van der Waals surface area contributed by atoms with Crippen LogP contribution in [-0.4, -0.2) is 54.7 Å². The molecule has 3 rings (SSSR count). The minimum atomic E-state index is 0.0615. The summed E-state index contributed by atoms with van der Waals surface area (Å²) in [5, 5.41) is 3.14. The number of benzene rings is 1. The zero-order chi connectivity index (χ0) is 16.9. The van der Waals surface area contributed by atoms with Gasteiger partial charge < -0.3 is 15.0 Å². The van der Waals surface area contributed by atoms with Crippen molar-refractivity contribution in [3.05, 3.63) is 29.8 Å². The summed E-state index contributed by atoms with van der Waals surface area (Å²) >= 11 is 0.